The number of hydrogen-bond acceptors (Lipinski definition) is 7. The Balaban J connectivity index is 1.81. The Labute approximate surface area is 242 Å². The Morgan fingerprint density at radius 2 is 1.68 bits per heavy atom. The third kappa shape index (κ3) is 5.75. The lowest BCUT2D eigenvalue weighted by atomic mass is 9.94. The largest absolute Gasteiger partial charge is 0.507 e. The minimum Gasteiger partial charge on any atom is -0.507 e. The van der Waals surface area contributed by atoms with Crippen LogP contribution in [-0.4, -0.2) is 56.2 Å². The Bertz CT molecular complexity index is 1450. The summed E-state index contributed by atoms with van der Waals surface area (Å²) in [5, 5.41) is 11.6. The van der Waals surface area contributed by atoms with Crippen LogP contribution in [0.5, 0.6) is 17.2 Å². The Morgan fingerprint density at radius 1 is 0.975 bits per heavy atom. The lowest BCUT2D eigenvalue weighted by molar-refractivity contribution is -0.140. The zero-order chi connectivity index (χ0) is 29.0. The molecule has 0 saturated carbocycles. The number of hydrogen-bond donors (Lipinski definition) is 1. The van der Waals surface area contributed by atoms with Gasteiger partial charge < -0.3 is 29.0 Å². The minimum atomic E-state index is -0.942. The number of nitrogens with zero attached hydrogens (tertiary/aromatic N) is 1. The van der Waals surface area contributed by atoms with Gasteiger partial charge in [-0.25, -0.2) is 0 Å². The zero-order valence-corrected chi connectivity index (χ0v) is 24.0. The maximum absolute atomic E-state index is 13.4. The molecule has 1 N–H and O–H groups in total. The second kappa shape index (κ2) is 12.6. The molecule has 0 aromatic heterocycles. The van der Waals surface area contributed by atoms with E-state index < -0.39 is 23.5 Å². The topological polar surface area (TPSA) is 94.5 Å². The van der Waals surface area contributed by atoms with Gasteiger partial charge in [0.25, 0.3) is 11.7 Å². The van der Waals surface area contributed by atoms with Crippen LogP contribution >= 0.6 is 23.2 Å². The second-order valence-corrected chi connectivity index (χ2v) is 9.90. The maximum atomic E-state index is 13.4. The predicted octanol–water partition coefficient (Wildman–Crippen LogP) is 5.97. The summed E-state index contributed by atoms with van der Waals surface area (Å²) in [5.74, 6) is -1.42. The molecule has 4 rings (SSSR count). The van der Waals surface area contributed by atoms with Crippen LogP contribution in [0.25, 0.3) is 5.76 Å². The average Bonchev–Trinajstić information content (AvgIpc) is 3.20. The summed E-state index contributed by atoms with van der Waals surface area (Å²) in [5.41, 5.74) is 2.59. The molecular weight excluding hydrogens is 557 g/mol. The molecule has 10 heteroatoms. The van der Waals surface area contributed by atoms with Crippen LogP contribution in [-0.2, 0) is 20.9 Å². The molecule has 1 heterocycles. The van der Waals surface area contributed by atoms with Crippen LogP contribution in [0.2, 0.25) is 10.0 Å². The third-order valence-corrected chi connectivity index (χ3v) is 7.19. The summed E-state index contributed by atoms with van der Waals surface area (Å²) >= 11 is 12.8. The first kappa shape index (κ1) is 29.3. The van der Waals surface area contributed by atoms with Crippen LogP contribution in [0.3, 0.4) is 0 Å². The SMILES string of the molecule is COCCN1C(=O)C(=O)/C(=C(/O)c2cc(Cl)c(OC)c(Cl)c2OC)C1c1cccc(OCc2ccc(C)cc2)c1. The first-order chi connectivity index (χ1) is 19.2. The van der Waals surface area contributed by atoms with Crippen molar-refractivity contribution in [3.05, 3.63) is 92.5 Å². The fourth-order valence-electron chi connectivity index (χ4n) is 4.56. The summed E-state index contributed by atoms with van der Waals surface area (Å²) < 4.78 is 21.9. The smallest absolute Gasteiger partial charge is 0.295 e. The van der Waals surface area contributed by atoms with Crippen molar-refractivity contribution in [2.75, 3.05) is 34.5 Å². The first-order valence-electron chi connectivity index (χ1n) is 12.4. The number of amides is 1. The number of aryl methyl sites for hydroxylation is 1. The number of ether oxygens (including phenoxy) is 4. The molecule has 40 heavy (non-hydrogen) atoms. The van der Waals surface area contributed by atoms with E-state index in [9.17, 15) is 14.7 Å². The van der Waals surface area contributed by atoms with Crippen LogP contribution in [0.1, 0.15) is 28.3 Å². The number of Topliss-reactive ketones (excluding diaryl/α,β-unsaturated/α-hetero) is 1. The molecule has 0 spiro atoms. The van der Waals surface area contributed by atoms with E-state index >= 15 is 0 Å². The summed E-state index contributed by atoms with van der Waals surface area (Å²) in [7, 11) is 4.24. The quantitative estimate of drug-likeness (QED) is 0.178. The number of aliphatic hydroxyl groups excluding tert-OH is 1. The highest BCUT2D eigenvalue weighted by molar-refractivity contribution is 6.47. The minimum absolute atomic E-state index is 0.00992. The second-order valence-electron chi connectivity index (χ2n) is 9.12. The number of benzene rings is 3. The van der Waals surface area contributed by atoms with Crippen molar-refractivity contribution in [1.82, 2.24) is 4.90 Å². The molecule has 1 unspecified atom stereocenters. The van der Waals surface area contributed by atoms with E-state index in [2.05, 4.69) is 0 Å². The number of likely N-dealkylation sites (tertiary alicyclic amines) is 1. The van der Waals surface area contributed by atoms with Gasteiger partial charge in [0.05, 0.1) is 43.0 Å². The highest BCUT2D eigenvalue weighted by atomic mass is 35.5. The van der Waals surface area contributed by atoms with Gasteiger partial charge in [0.2, 0.25) is 0 Å². The first-order valence-corrected chi connectivity index (χ1v) is 13.1. The predicted molar refractivity (Wildman–Crippen MR) is 152 cm³/mol. The number of rotatable bonds is 10. The van der Waals surface area contributed by atoms with E-state index in [1.54, 1.807) is 24.3 Å². The van der Waals surface area contributed by atoms with E-state index in [4.69, 9.17) is 42.1 Å². The highest BCUT2D eigenvalue weighted by Crippen LogP contribution is 2.47. The molecular formula is C30H29Cl2NO7. The average molecular weight is 586 g/mol. The van der Waals surface area contributed by atoms with Crippen LogP contribution < -0.4 is 14.2 Å². The number of carbonyl (C=O) groups excluding carboxylic acids is 2. The summed E-state index contributed by atoms with van der Waals surface area (Å²) in [6.45, 7) is 2.63. The van der Waals surface area contributed by atoms with Crippen LogP contribution in [0.15, 0.2) is 60.2 Å². The third-order valence-electron chi connectivity index (χ3n) is 6.57. The van der Waals surface area contributed by atoms with Gasteiger partial charge in [-0.1, -0.05) is 65.2 Å². The van der Waals surface area contributed by atoms with Crippen molar-refractivity contribution in [2.24, 2.45) is 0 Å². The summed E-state index contributed by atoms with van der Waals surface area (Å²) in [6, 6.07) is 15.5. The van der Waals surface area contributed by atoms with Crippen molar-refractivity contribution in [3.8, 4) is 17.2 Å². The van der Waals surface area contributed by atoms with Gasteiger partial charge in [-0.2, -0.15) is 0 Å². The zero-order valence-electron chi connectivity index (χ0n) is 22.5. The Hall–Kier alpha value is -3.72. The molecule has 3 aromatic rings. The molecule has 0 aliphatic carbocycles. The van der Waals surface area contributed by atoms with E-state index in [-0.39, 0.29) is 45.8 Å². The standard InChI is InChI=1S/C30H29Cl2NO7/c1-17-8-10-18(11-9-17)16-40-20-7-5-6-19(14-20)25-23(27(35)30(36)33(25)12-13-37-2)26(34)21-15-22(31)29(39-4)24(32)28(21)38-3/h5-11,14-15,25,34H,12-13,16H2,1-4H3/b26-23+. The lowest BCUT2D eigenvalue weighted by Gasteiger charge is -2.25. The van der Waals surface area contributed by atoms with Crippen LogP contribution in [0, 0.1) is 6.92 Å². The summed E-state index contributed by atoms with van der Waals surface area (Å²) in [4.78, 5) is 27.9. The van der Waals surface area contributed by atoms with Crippen molar-refractivity contribution in [1.29, 1.82) is 0 Å². The number of carbonyl (C=O) groups is 2. The molecule has 1 aliphatic heterocycles. The Kier molecular flexibility index (Phi) is 9.25. The molecule has 1 saturated heterocycles. The molecule has 8 nitrogen and oxygen atoms in total. The van der Waals surface area contributed by atoms with Crippen molar-refractivity contribution >= 4 is 40.7 Å². The number of halogens is 2. The van der Waals surface area contributed by atoms with Gasteiger partial charge in [0, 0.05) is 13.7 Å². The van der Waals surface area contributed by atoms with E-state index in [1.165, 1.54) is 32.3 Å². The lowest BCUT2D eigenvalue weighted by Crippen LogP contribution is -2.32. The normalized spacial score (nSPS) is 16.4. The van der Waals surface area contributed by atoms with Crippen molar-refractivity contribution < 1.29 is 33.6 Å². The van der Waals surface area contributed by atoms with Gasteiger partial charge >= 0.3 is 0 Å². The van der Waals surface area contributed by atoms with Gasteiger partial charge in [-0.05, 0) is 36.2 Å². The molecule has 3 aromatic carbocycles. The molecule has 1 atom stereocenters. The molecule has 1 amide bonds. The van der Waals surface area contributed by atoms with Crippen LogP contribution in [0.4, 0.5) is 0 Å². The number of aliphatic hydroxyl groups is 1. The summed E-state index contributed by atoms with van der Waals surface area (Å²) in [6.07, 6.45) is 0. The molecule has 1 aliphatic rings. The molecule has 0 radical (unpaired) electrons. The van der Waals surface area contributed by atoms with Gasteiger partial charge in [-0.3, -0.25) is 9.59 Å². The van der Waals surface area contributed by atoms with Gasteiger partial charge in [0.1, 0.15) is 23.1 Å². The fourth-order valence-corrected chi connectivity index (χ4v) is 5.25. The van der Waals surface area contributed by atoms with Gasteiger partial charge in [0.15, 0.2) is 11.5 Å². The maximum Gasteiger partial charge on any atom is 0.295 e. The molecule has 1 fully saturated rings. The monoisotopic (exact) mass is 585 g/mol. The van der Waals surface area contributed by atoms with Gasteiger partial charge in [-0.15, -0.1) is 0 Å². The fraction of sp³-hybridized carbons (Fsp3) is 0.267. The Morgan fingerprint density at radius 3 is 2.33 bits per heavy atom. The van der Waals surface area contributed by atoms with E-state index in [1.807, 2.05) is 31.2 Å². The highest BCUT2D eigenvalue weighted by Gasteiger charge is 2.46. The van der Waals surface area contributed by atoms with Crippen molar-refractivity contribution in [2.45, 2.75) is 19.6 Å². The van der Waals surface area contributed by atoms with E-state index in [0.717, 1.165) is 11.1 Å². The molecule has 210 valence electrons. The number of methoxy groups -OCH3 is 3. The number of ketones is 1. The van der Waals surface area contributed by atoms with Crippen molar-refractivity contribution in [3.63, 3.8) is 0 Å². The van der Waals surface area contributed by atoms with E-state index in [0.29, 0.717) is 17.9 Å². The molecule has 0 bridgehead atoms.